The van der Waals surface area contributed by atoms with E-state index in [1.807, 2.05) is 6.20 Å². The van der Waals surface area contributed by atoms with Crippen LogP contribution in [0.25, 0.3) is 10.9 Å². The van der Waals surface area contributed by atoms with Crippen molar-refractivity contribution in [3.8, 4) is 0 Å². The number of aromatic nitrogens is 1. The number of fused-ring (bicyclic) bond motifs is 1. The minimum atomic E-state index is 0.203. The molecule has 1 aromatic heterocycles. The van der Waals surface area contributed by atoms with Gasteiger partial charge in [0.25, 0.3) is 0 Å². The van der Waals surface area contributed by atoms with Crippen LogP contribution in [0, 0.1) is 0 Å². The van der Waals surface area contributed by atoms with Gasteiger partial charge in [0.1, 0.15) is 0 Å². The van der Waals surface area contributed by atoms with Gasteiger partial charge in [0.15, 0.2) is 0 Å². The van der Waals surface area contributed by atoms with E-state index in [2.05, 4.69) is 79.6 Å². The Balaban J connectivity index is 1.74. The molecule has 2 N–H and O–H groups in total. The Morgan fingerprint density at radius 1 is 0.952 bits per heavy atom. The maximum absolute atomic E-state index is 3.50. The van der Waals surface area contributed by atoms with Crippen molar-refractivity contribution < 1.29 is 0 Å². The van der Waals surface area contributed by atoms with Gasteiger partial charge < -0.3 is 10.3 Å². The van der Waals surface area contributed by atoms with Gasteiger partial charge in [-0.2, -0.15) is 0 Å². The average Bonchev–Trinajstić information content (AvgIpc) is 2.93. The lowest BCUT2D eigenvalue weighted by atomic mass is 9.87. The number of hydrogen-bond acceptors (Lipinski definition) is 1. The van der Waals surface area contributed by atoms with Crippen molar-refractivity contribution in [1.29, 1.82) is 0 Å². The fourth-order valence-corrected chi connectivity index (χ4v) is 2.58. The molecular weight excluding hydrogens is 256 g/mol. The molecule has 0 amide bonds. The van der Waals surface area contributed by atoms with E-state index in [0.29, 0.717) is 0 Å². The lowest BCUT2D eigenvalue weighted by Crippen LogP contribution is -2.10. The average molecular weight is 278 g/mol. The summed E-state index contributed by atoms with van der Waals surface area (Å²) in [5, 5.41) is 4.76. The van der Waals surface area contributed by atoms with Crippen LogP contribution < -0.4 is 5.32 Å². The van der Waals surface area contributed by atoms with Gasteiger partial charge in [-0.25, -0.2) is 0 Å². The van der Waals surface area contributed by atoms with Crippen molar-refractivity contribution in [1.82, 2.24) is 4.98 Å². The zero-order valence-corrected chi connectivity index (χ0v) is 12.9. The Labute approximate surface area is 126 Å². The van der Waals surface area contributed by atoms with Crippen LogP contribution in [0.4, 0.5) is 5.69 Å². The second-order valence-electron chi connectivity index (χ2n) is 6.54. The van der Waals surface area contributed by atoms with Crippen LogP contribution in [-0.4, -0.2) is 4.98 Å². The molecule has 0 aliphatic carbocycles. The van der Waals surface area contributed by atoms with Gasteiger partial charge in [0.2, 0.25) is 0 Å². The summed E-state index contributed by atoms with van der Waals surface area (Å²) in [5.74, 6) is 0. The van der Waals surface area contributed by atoms with Crippen molar-refractivity contribution in [2.75, 3.05) is 5.32 Å². The summed E-state index contributed by atoms with van der Waals surface area (Å²) in [6.45, 7) is 7.54. The van der Waals surface area contributed by atoms with Gasteiger partial charge in [-0.1, -0.05) is 51.1 Å². The monoisotopic (exact) mass is 278 g/mol. The molecule has 0 bridgehead atoms. The van der Waals surface area contributed by atoms with Crippen molar-refractivity contribution in [2.24, 2.45) is 0 Å². The van der Waals surface area contributed by atoms with Crippen LogP contribution in [0.3, 0.4) is 0 Å². The first-order chi connectivity index (χ1) is 10.0. The summed E-state index contributed by atoms with van der Waals surface area (Å²) in [4.78, 5) is 3.31. The maximum Gasteiger partial charge on any atom is 0.0504 e. The van der Waals surface area contributed by atoms with Gasteiger partial charge in [-0.15, -0.1) is 0 Å². The molecular formula is C19H22N2. The molecule has 2 nitrogen and oxygen atoms in total. The van der Waals surface area contributed by atoms with E-state index in [0.717, 1.165) is 12.2 Å². The number of rotatable bonds is 3. The first-order valence-electron chi connectivity index (χ1n) is 7.43. The first kappa shape index (κ1) is 13.7. The number of benzene rings is 2. The Kier molecular flexibility index (Phi) is 3.46. The maximum atomic E-state index is 3.50. The highest BCUT2D eigenvalue weighted by atomic mass is 14.9. The Hall–Kier alpha value is -2.22. The quantitative estimate of drug-likeness (QED) is 0.687. The van der Waals surface area contributed by atoms with E-state index in [1.165, 1.54) is 22.0 Å². The number of para-hydroxylation sites is 1. The first-order valence-corrected chi connectivity index (χ1v) is 7.43. The number of hydrogen-bond donors (Lipinski definition) is 2. The zero-order valence-electron chi connectivity index (χ0n) is 12.9. The largest absolute Gasteiger partial charge is 0.381 e. The highest BCUT2D eigenvalue weighted by Crippen LogP contribution is 2.24. The fourth-order valence-electron chi connectivity index (χ4n) is 2.58. The normalized spacial score (nSPS) is 11.8. The predicted octanol–water partition coefficient (Wildman–Crippen LogP) is 5.08. The van der Waals surface area contributed by atoms with Gasteiger partial charge in [0, 0.05) is 18.4 Å². The molecule has 1 heterocycles. The Morgan fingerprint density at radius 2 is 1.71 bits per heavy atom. The van der Waals surface area contributed by atoms with Crippen molar-refractivity contribution >= 4 is 16.6 Å². The summed E-state index contributed by atoms with van der Waals surface area (Å²) in [6, 6.07) is 17.2. The molecule has 108 valence electrons. The molecule has 21 heavy (non-hydrogen) atoms. The van der Waals surface area contributed by atoms with E-state index in [1.54, 1.807) is 0 Å². The van der Waals surface area contributed by atoms with Gasteiger partial charge in [0.05, 0.1) is 5.52 Å². The third-order valence-electron chi connectivity index (χ3n) is 3.91. The number of aromatic amines is 1. The van der Waals surface area contributed by atoms with Gasteiger partial charge >= 0.3 is 0 Å². The summed E-state index contributed by atoms with van der Waals surface area (Å²) < 4.78 is 0. The van der Waals surface area contributed by atoms with Crippen LogP contribution in [0.2, 0.25) is 0 Å². The number of anilines is 1. The standard InChI is InChI=1S/C19H22N2/c1-19(2,3)16-7-9-17(10-8-16)21-13-15-6-4-5-14-11-12-20-18(14)15/h4-12,20-21H,13H2,1-3H3. The van der Waals surface area contributed by atoms with Crippen LogP contribution in [0.15, 0.2) is 54.7 Å². The zero-order chi connectivity index (χ0) is 14.9. The SMILES string of the molecule is CC(C)(C)c1ccc(NCc2cccc3cc[nH]c23)cc1. The molecule has 2 heteroatoms. The highest BCUT2D eigenvalue weighted by molar-refractivity contribution is 5.82. The van der Waals surface area contributed by atoms with E-state index >= 15 is 0 Å². The molecule has 3 rings (SSSR count). The van der Waals surface area contributed by atoms with Crippen molar-refractivity contribution in [2.45, 2.75) is 32.7 Å². The lowest BCUT2D eigenvalue weighted by Gasteiger charge is -2.19. The second kappa shape index (κ2) is 5.28. The third-order valence-corrected chi connectivity index (χ3v) is 3.91. The van der Waals surface area contributed by atoms with Gasteiger partial charge in [-0.05, 0) is 40.1 Å². The molecule has 0 unspecified atom stereocenters. The minimum absolute atomic E-state index is 0.203. The summed E-state index contributed by atoms with van der Waals surface area (Å²) in [5.41, 5.74) is 5.23. The fraction of sp³-hybridized carbons (Fsp3) is 0.263. The minimum Gasteiger partial charge on any atom is -0.381 e. The molecule has 0 aliphatic heterocycles. The molecule has 0 aliphatic rings. The van der Waals surface area contributed by atoms with E-state index in [9.17, 15) is 0 Å². The molecule has 0 atom stereocenters. The van der Waals surface area contributed by atoms with E-state index < -0.39 is 0 Å². The lowest BCUT2D eigenvalue weighted by molar-refractivity contribution is 0.590. The van der Waals surface area contributed by atoms with E-state index in [4.69, 9.17) is 0 Å². The van der Waals surface area contributed by atoms with Crippen LogP contribution in [0.1, 0.15) is 31.9 Å². The number of H-pyrrole nitrogens is 1. The van der Waals surface area contributed by atoms with Crippen LogP contribution >= 0.6 is 0 Å². The Morgan fingerprint density at radius 3 is 2.43 bits per heavy atom. The molecule has 2 aromatic carbocycles. The predicted molar refractivity (Wildman–Crippen MR) is 90.8 cm³/mol. The summed E-state index contributed by atoms with van der Waals surface area (Å²) >= 11 is 0. The smallest absolute Gasteiger partial charge is 0.0504 e. The molecule has 0 saturated carbocycles. The van der Waals surface area contributed by atoms with E-state index in [-0.39, 0.29) is 5.41 Å². The molecule has 0 saturated heterocycles. The molecule has 0 radical (unpaired) electrons. The topological polar surface area (TPSA) is 27.8 Å². The molecule has 3 aromatic rings. The Bertz CT molecular complexity index is 730. The molecule has 0 fully saturated rings. The van der Waals surface area contributed by atoms with Crippen LogP contribution in [0.5, 0.6) is 0 Å². The van der Waals surface area contributed by atoms with Crippen LogP contribution in [-0.2, 0) is 12.0 Å². The number of nitrogens with one attached hydrogen (secondary N) is 2. The summed E-state index contributed by atoms with van der Waals surface area (Å²) in [7, 11) is 0. The van der Waals surface area contributed by atoms with Gasteiger partial charge in [-0.3, -0.25) is 0 Å². The molecule has 0 spiro atoms. The highest BCUT2D eigenvalue weighted by Gasteiger charge is 2.12. The third kappa shape index (κ3) is 2.94. The van der Waals surface area contributed by atoms with Crippen molar-refractivity contribution in [3.05, 3.63) is 65.9 Å². The van der Waals surface area contributed by atoms with Crippen molar-refractivity contribution in [3.63, 3.8) is 0 Å². The summed E-state index contributed by atoms with van der Waals surface area (Å²) in [6.07, 6.45) is 1.99. The second-order valence-corrected chi connectivity index (χ2v) is 6.54.